The van der Waals surface area contributed by atoms with Crippen LogP contribution in [0.5, 0.6) is 0 Å². The van der Waals surface area contributed by atoms with Crippen LogP contribution in [0.15, 0.2) is 66.7 Å². The average molecular weight is 262 g/mol. The van der Waals surface area contributed by atoms with Gasteiger partial charge in [-0.25, -0.2) is 0 Å². The molecule has 0 atom stereocenters. The number of hydrogen-bond donors (Lipinski definition) is 0. The average Bonchev–Trinajstić information content (AvgIpc) is 2.50. The molecule has 0 aliphatic carbocycles. The van der Waals surface area contributed by atoms with E-state index in [1.165, 1.54) is 27.8 Å². The molecule has 0 aliphatic heterocycles. The molecule has 20 heavy (non-hydrogen) atoms. The molecule has 0 bridgehead atoms. The minimum absolute atomic E-state index is 1.04. The van der Waals surface area contributed by atoms with Crippen LogP contribution in [0.1, 0.15) is 37.0 Å². The van der Waals surface area contributed by atoms with Crippen molar-refractivity contribution in [1.29, 1.82) is 0 Å². The molecule has 0 aliphatic rings. The number of benzene rings is 2. The Balaban J connectivity index is 2.50. The highest BCUT2D eigenvalue weighted by molar-refractivity contribution is 6.05. The maximum Gasteiger partial charge on any atom is -0.0122 e. The van der Waals surface area contributed by atoms with E-state index in [2.05, 4.69) is 75.9 Å². The highest BCUT2D eigenvalue weighted by Gasteiger charge is 2.10. The van der Waals surface area contributed by atoms with Crippen molar-refractivity contribution in [1.82, 2.24) is 0 Å². The summed E-state index contributed by atoms with van der Waals surface area (Å²) in [5, 5.41) is 0. The Morgan fingerprint density at radius 2 is 1.50 bits per heavy atom. The van der Waals surface area contributed by atoms with Crippen molar-refractivity contribution in [3.05, 3.63) is 83.4 Å². The highest BCUT2D eigenvalue weighted by atomic mass is 14.1. The third kappa shape index (κ3) is 3.08. The third-order valence-corrected chi connectivity index (χ3v) is 3.72. The second kappa shape index (κ2) is 6.38. The van der Waals surface area contributed by atoms with E-state index >= 15 is 0 Å². The summed E-state index contributed by atoms with van der Waals surface area (Å²) in [6.45, 7) is 10.8. The first-order valence-corrected chi connectivity index (χ1v) is 7.15. The van der Waals surface area contributed by atoms with Crippen LogP contribution in [0.25, 0.3) is 11.1 Å². The predicted octanol–water partition coefficient (Wildman–Crippen LogP) is 5.89. The number of rotatable bonds is 4. The van der Waals surface area contributed by atoms with Gasteiger partial charge >= 0.3 is 0 Å². The Labute approximate surface area is 122 Å². The van der Waals surface area contributed by atoms with Gasteiger partial charge in [-0.1, -0.05) is 79.2 Å². The van der Waals surface area contributed by atoms with Crippen LogP contribution in [0, 0.1) is 6.92 Å². The topological polar surface area (TPSA) is 0 Å². The molecular weight excluding hydrogens is 240 g/mol. The number of hydrogen-bond acceptors (Lipinski definition) is 0. The van der Waals surface area contributed by atoms with Crippen molar-refractivity contribution in [2.75, 3.05) is 0 Å². The van der Waals surface area contributed by atoms with Crippen molar-refractivity contribution < 1.29 is 0 Å². The normalized spacial score (nSPS) is 11.9. The molecule has 0 aromatic heterocycles. The van der Waals surface area contributed by atoms with E-state index in [1.807, 2.05) is 6.07 Å². The van der Waals surface area contributed by atoms with Gasteiger partial charge in [0.05, 0.1) is 0 Å². The van der Waals surface area contributed by atoms with Crippen LogP contribution >= 0.6 is 0 Å². The van der Waals surface area contributed by atoms with Crippen molar-refractivity contribution >= 4 is 11.1 Å². The summed E-state index contributed by atoms with van der Waals surface area (Å²) >= 11 is 0. The van der Waals surface area contributed by atoms with Crippen LogP contribution in [0.4, 0.5) is 0 Å². The zero-order chi connectivity index (χ0) is 14.5. The van der Waals surface area contributed by atoms with Crippen LogP contribution in [-0.4, -0.2) is 0 Å². The second-order valence-corrected chi connectivity index (χ2v) is 5.22. The smallest absolute Gasteiger partial charge is 0.0122 e. The van der Waals surface area contributed by atoms with E-state index in [4.69, 9.17) is 0 Å². The first-order chi connectivity index (χ1) is 9.63. The summed E-state index contributed by atoms with van der Waals surface area (Å²) in [6.07, 6.45) is 1.04. The molecule has 0 saturated carbocycles. The SMILES string of the molecule is C=C(/C(=C(/C)CC)c1ccc(C)cc1)c1ccccc1. The summed E-state index contributed by atoms with van der Waals surface area (Å²) in [5.41, 5.74) is 7.49. The molecule has 102 valence electrons. The summed E-state index contributed by atoms with van der Waals surface area (Å²) < 4.78 is 0. The fraction of sp³-hybridized carbons (Fsp3) is 0.200. The van der Waals surface area contributed by atoms with Crippen molar-refractivity contribution in [2.24, 2.45) is 0 Å². The lowest BCUT2D eigenvalue weighted by Crippen LogP contribution is -1.93. The van der Waals surface area contributed by atoms with E-state index in [0.29, 0.717) is 0 Å². The molecule has 0 amide bonds. The number of aryl methyl sites for hydroxylation is 1. The van der Waals surface area contributed by atoms with Gasteiger partial charge in [-0.15, -0.1) is 0 Å². The fourth-order valence-electron chi connectivity index (χ4n) is 2.36. The lowest BCUT2D eigenvalue weighted by molar-refractivity contribution is 1.11. The molecule has 2 aromatic rings. The minimum atomic E-state index is 1.04. The van der Waals surface area contributed by atoms with Gasteiger partial charge in [0.25, 0.3) is 0 Å². The predicted molar refractivity (Wildman–Crippen MR) is 89.5 cm³/mol. The van der Waals surface area contributed by atoms with Gasteiger partial charge in [0.1, 0.15) is 0 Å². The number of allylic oxidation sites excluding steroid dienone is 3. The molecule has 0 N–H and O–H groups in total. The van der Waals surface area contributed by atoms with Crippen LogP contribution in [0.3, 0.4) is 0 Å². The van der Waals surface area contributed by atoms with Gasteiger partial charge in [0, 0.05) is 0 Å². The zero-order valence-electron chi connectivity index (χ0n) is 12.6. The molecule has 0 nitrogen and oxygen atoms in total. The lowest BCUT2D eigenvalue weighted by Gasteiger charge is -2.15. The van der Waals surface area contributed by atoms with E-state index < -0.39 is 0 Å². The Hall–Kier alpha value is -2.08. The van der Waals surface area contributed by atoms with Gasteiger partial charge in [-0.05, 0) is 42.5 Å². The Morgan fingerprint density at radius 1 is 0.900 bits per heavy atom. The third-order valence-electron chi connectivity index (χ3n) is 3.72. The summed E-state index contributed by atoms with van der Waals surface area (Å²) in [6, 6.07) is 19.1. The van der Waals surface area contributed by atoms with Gasteiger partial charge in [-0.2, -0.15) is 0 Å². The second-order valence-electron chi connectivity index (χ2n) is 5.22. The highest BCUT2D eigenvalue weighted by Crippen LogP contribution is 2.33. The van der Waals surface area contributed by atoms with Crippen molar-refractivity contribution in [3.8, 4) is 0 Å². The molecule has 2 aromatic carbocycles. The standard InChI is InChI=1S/C20H22/c1-5-16(3)20(19-13-11-15(2)12-14-19)17(4)18-9-7-6-8-10-18/h6-14H,4-5H2,1-3H3/b20-16+. The zero-order valence-corrected chi connectivity index (χ0v) is 12.6. The minimum Gasteiger partial charge on any atom is -0.0905 e. The maximum atomic E-state index is 4.34. The lowest BCUT2D eigenvalue weighted by atomic mass is 9.89. The van der Waals surface area contributed by atoms with Crippen molar-refractivity contribution in [3.63, 3.8) is 0 Å². The first kappa shape index (κ1) is 14.3. The van der Waals surface area contributed by atoms with E-state index in [1.54, 1.807) is 0 Å². The maximum absolute atomic E-state index is 4.34. The van der Waals surface area contributed by atoms with Gasteiger partial charge in [-0.3, -0.25) is 0 Å². The van der Waals surface area contributed by atoms with Crippen LogP contribution in [-0.2, 0) is 0 Å². The van der Waals surface area contributed by atoms with E-state index in [9.17, 15) is 0 Å². The van der Waals surface area contributed by atoms with E-state index in [0.717, 1.165) is 12.0 Å². The molecule has 0 heterocycles. The molecule has 0 radical (unpaired) electrons. The summed E-state index contributed by atoms with van der Waals surface area (Å²) in [7, 11) is 0. The van der Waals surface area contributed by atoms with Crippen LogP contribution < -0.4 is 0 Å². The monoisotopic (exact) mass is 262 g/mol. The van der Waals surface area contributed by atoms with Gasteiger partial charge < -0.3 is 0 Å². The Bertz CT molecular complexity index is 613. The Kier molecular flexibility index (Phi) is 4.57. The van der Waals surface area contributed by atoms with E-state index in [-0.39, 0.29) is 0 Å². The summed E-state index contributed by atoms with van der Waals surface area (Å²) in [4.78, 5) is 0. The van der Waals surface area contributed by atoms with Crippen LogP contribution in [0.2, 0.25) is 0 Å². The Morgan fingerprint density at radius 3 is 2.05 bits per heavy atom. The molecule has 0 fully saturated rings. The molecule has 0 heteroatoms. The quantitative estimate of drug-likeness (QED) is 0.602. The summed E-state index contributed by atoms with van der Waals surface area (Å²) in [5.74, 6) is 0. The molecule has 0 unspecified atom stereocenters. The molecule has 2 rings (SSSR count). The first-order valence-electron chi connectivity index (χ1n) is 7.15. The molecular formula is C20H22. The fourth-order valence-corrected chi connectivity index (χ4v) is 2.36. The molecule has 0 spiro atoms. The van der Waals surface area contributed by atoms with Gasteiger partial charge in [0.15, 0.2) is 0 Å². The van der Waals surface area contributed by atoms with Crippen molar-refractivity contribution in [2.45, 2.75) is 27.2 Å². The van der Waals surface area contributed by atoms with Gasteiger partial charge in [0.2, 0.25) is 0 Å². The largest absolute Gasteiger partial charge is 0.0905 e. The molecule has 0 saturated heterocycles.